The Hall–Kier alpha value is -1.56. The number of nitrogen functional groups attached to an aromatic ring is 1. The van der Waals surface area contributed by atoms with Crippen LogP contribution in [-0.4, -0.2) is 16.7 Å². The first-order valence-electron chi connectivity index (χ1n) is 4.80. The molecule has 0 aliphatic carbocycles. The molecule has 3 N–H and O–H groups in total. The summed E-state index contributed by atoms with van der Waals surface area (Å²) >= 11 is 3.39. The Balaban J connectivity index is 1.92. The molecule has 2 rings (SSSR count). The van der Waals surface area contributed by atoms with Gasteiger partial charge in [0.2, 0.25) is 5.89 Å². The molecule has 0 saturated heterocycles. The van der Waals surface area contributed by atoms with Crippen LogP contribution in [0.1, 0.15) is 5.89 Å². The largest absolute Gasteiger partial charge is 0.397 e. The fraction of sp³-hybridized carbons (Fsp3) is 0.200. The summed E-state index contributed by atoms with van der Waals surface area (Å²) in [4.78, 5) is 3.93. The van der Waals surface area contributed by atoms with E-state index >= 15 is 0 Å². The SMILES string of the molecule is Nc1ccc(Br)cc1NCCc1ncno1. The van der Waals surface area contributed by atoms with E-state index in [1.165, 1.54) is 6.33 Å². The zero-order valence-electron chi connectivity index (χ0n) is 8.48. The van der Waals surface area contributed by atoms with E-state index in [0.29, 0.717) is 24.5 Å². The summed E-state index contributed by atoms with van der Waals surface area (Å²) in [6.45, 7) is 0.697. The molecule has 0 unspecified atom stereocenters. The Morgan fingerprint density at radius 2 is 2.31 bits per heavy atom. The Kier molecular flexibility index (Phi) is 3.40. The second kappa shape index (κ2) is 4.98. The molecule has 5 nitrogen and oxygen atoms in total. The predicted octanol–water partition coefficient (Wildman–Crippen LogP) is 2.07. The number of hydrogen-bond acceptors (Lipinski definition) is 5. The van der Waals surface area contributed by atoms with Crippen LogP contribution in [0.2, 0.25) is 0 Å². The average Bonchev–Trinajstić information content (AvgIpc) is 2.76. The highest BCUT2D eigenvalue weighted by atomic mass is 79.9. The molecule has 0 atom stereocenters. The summed E-state index contributed by atoms with van der Waals surface area (Å²) in [6, 6.07) is 5.68. The first-order valence-corrected chi connectivity index (χ1v) is 5.59. The number of aromatic nitrogens is 2. The molecular weight excluding hydrogens is 272 g/mol. The van der Waals surface area contributed by atoms with Crippen molar-refractivity contribution in [2.24, 2.45) is 0 Å². The standard InChI is InChI=1S/C10H11BrN4O/c11-7-1-2-8(12)9(5-7)13-4-3-10-14-6-15-16-10/h1-2,5-6,13H,3-4,12H2. The third-order valence-corrected chi connectivity index (χ3v) is 2.57. The van der Waals surface area contributed by atoms with Crippen LogP contribution in [0.5, 0.6) is 0 Å². The predicted molar refractivity (Wildman–Crippen MR) is 65.0 cm³/mol. The Labute approximate surface area is 101 Å². The summed E-state index contributed by atoms with van der Waals surface area (Å²) in [5.74, 6) is 0.612. The quantitative estimate of drug-likeness (QED) is 0.840. The van der Waals surface area contributed by atoms with Crippen molar-refractivity contribution >= 4 is 27.3 Å². The van der Waals surface area contributed by atoms with Gasteiger partial charge < -0.3 is 15.6 Å². The Morgan fingerprint density at radius 1 is 1.44 bits per heavy atom. The summed E-state index contributed by atoms with van der Waals surface area (Å²) in [5, 5.41) is 6.74. The van der Waals surface area contributed by atoms with E-state index in [1.54, 1.807) is 0 Å². The van der Waals surface area contributed by atoms with Crippen LogP contribution in [0.15, 0.2) is 33.5 Å². The van der Waals surface area contributed by atoms with Gasteiger partial charge in [-0.25, -0.2) is 0 Å². The van der Waals surface area contributed by atoms with Crippen molar-refractivity contribution in [2.75, 3.05) is 17.6 Å². The number of anilines is 2. The molecule has 0 spiro atoms. The molecule has 2 aromatic rings. The van der Waals surface area contributed by atoms with E-state index in [9.17, 15) is 0 Å². The average molecular weight is 283 g/mol. The Bertz CT molecular complexity index is 458. The molecule has 0 aliphatic rings. The number of nitrogens with one attached hydrogen (secondary N) is 1. The van der Waals surface area contributed by atoms with Crippen LogP contribution in [0.25, 0.3) is 0 Å². The molecule has 0 fully saturated rings. The molecule has 6 heteroatoms. The first kappa shape index (κ1) is 10.9. The zero-order chi connectivity index (χ0) is 11.4. The molecule has 1 aromatic carbocycles. The lowest BCUT2D eigenvalue weighted by Crippen LogP contribution is -2.07. The summed E-state index contributed by atoms with van der Waals surface area (Å²) in [7, 11) is 0. The van der Waals surface area contributed by atoms with Gasteiger partial charge in [0.25, 0.3) is 0 Å². The molecule has 84 valence electrons. The molecule has 0 aliphatic heterocycles. The number of nitrogens with zero attached hydrogens (tertiary/aromatic N) is 2. The van der Waals surface area contributed by atoms with Gasteiger partial charge in [-0.2, -0.15) is 4.98 Å². The van der Waals surface area contributed by atoms with Crippen LogP contribution >= 0.6 is 15.9 Å². The van der Waals surface area contributed by atoms with Gasteiger partial charge in [0.05, 0.1) is 11.4 Å². The molecule has 0 bridgehead atoms. The first-order chi connectivity index (χ1) is 7.75. The topological polar surface area (TPSA) is 77.0 Å². The van der Waals surface area contributed by atoms with Crippen molar-refractivity contribution in [3.05, 3.63) is 34.9 Å². The summed E-state index contributed by atoms with van der Waals surface area (Å²) < 4.78 is 5.87. The van der Waals surface area contributed by atoms with Gasteiger partial charge in [-0.3, -0.25) is 0 Å². The van der Waals surface area contributed by atoms with Crippen molar-refractivity contribution in [2.45, 2.75) is 6.42 Å². The number of rotatable bonds is 4. The maximum Gasteiger partial charge on any atom is 0.228 e. The van der Waals surface area contributed by atoms with E-state index in [2.05, 4.69) is 31.4 Å². The summed E-state index contributed by atoms with van der Waals surface area (Å²) in [6.07, 6.45) is 2.06. The van der Waals surface area contributed by atoms with E-state index < -0.39 is 0 Å². The lowest BCUT2D eigenvalue weighted by atomic mass is 10.2. The Morgan fingerprint density at radius 3 is 3.06 bits per heavy atom. The van der Waals surface area contributed by atoms with Crippen molar-refractivity contribution in [3.63, 3.8) is 0 Å². The van der Waals surface area contributed by atoms with Gasteiger partial charge in [-0.1, -0.05) is 21.1 Å². The highest BCUT2D eigenvalue weighted by Gasteiger charge is 2.01. The number of nitrogens with two attached hydrogens (primary N) is 1. The molecule has 1 aromatic heterocycles. The van der Waals surface area contributed by atoms with Gasteiger partial charge >= 0.3 is 0 Å². The lowest BCUT2D eigenvalue weighted by molar-refractivity contribution is 0.380. The van der Waals surface area contributed by atoms with Crippen molar-refractivity contribution < 1.29 is 4.52 Å². The van der Waals surface area contributed by atoms with Gasteiger partial charge in [0, 0.05) is 17.4 Å². The maximum absolute atomic E-state index is 5.81. The molecule has 0 radical (unpaired) electrons. The molecular formula is C10H11BrN4O. The molecule has 16 heavy (non-hydrogen) atoms. The number of halogens is 1. The zero-order valence-corrected chi connectivity index (χ0v) is 10.1. The monoisotopic (exact) mass is 282 g/mol. The van der Waals surface area contributed by atoms with Gasteiger partial charge in [-0.05, 0) is 18.2 Å². The summed E-state index contributed by atoms with van der Waals surface area (Å²) in [5.41, 5.74) is 7.43. The minimum atomic E-state index is 0.612. The van der Waals surface area contributed by atoms with Crippen LogP contribution in [0.3, 0.4) is 0 Å². The normalized spacial score (nSPS) is 10.3. The fourth-order valence-electron chi connectivity index (χ4n) is 1.29. The second-order valence-electron chi connectivity index (χ2n) is 3.24. The third-order valence-electron chi connectivity index (χ3n) is 2.08. The van der Waals surface area contributed by atoms with Crippen molar-refractivity contribution in [1.82, 2.24) is 10.1 Å². The lowest BCUT2D eigenvalue weighted by Gasteiger charge is -2.08. The maximum atomic E-state index is 5.81. The third kappa shape index (κ3) is 2.73. The van der Waals surface area contributed by atoms with Crippen LogP contribution in [0, 0.1) is 0 Å². The highest BCUT2D eigenvalue weighted by molar-refractivity contribution is 9.10. The van der Waals surface area contributed by atoms with Gasteiger partial charge in [0.1, 0.15) is 0 Å². The van der Waals surface area contributed by atoms with Crippen molar-refractivity contribution in [1.29, 1.82) is 0 Å². The van der Waals surface area contributed by atoms with Crippen LogP contribution < -0.4 is 11.1 Å². The van der Waals surface area contributed by atoms with E-state index in [1.807, 2.05) is 18.2 Å². The second-order valence-corrected chi connectivity index (χ2v) is 4.16. The molecule has 1 heterocycles. The van der Waals surface area contributed by atoms with E-state index in [4.69, 9.17) is 10.3 Å². The minimum absolute atomic E-state index is 0.612. The minimum Gasteiger partial charge on any atom is -0.397 e. The van der Waals surface area contributed by atoms with Crippen LogP contribution in [-0.2, 0) is 6.42 Å². The van der Waals surface area contributed by atoms with Gasteiger partial charge in [0.15, 0.2) is 6.33 Å². The fourth-order valence-corrected chi connectivity index (χ4v) is 1.65. The van der Waals surface area contributed by atoms with E-state index in [0.717, 1.165) is 10.2 Å². The number of hydrogen-bond donors (Lipinski definition) is 2. The van der Waals surface area contributed by atoms with Gasteiger partial charge in [-0.15, -0.1) is 0 Å². The van der Waals surface area contributed by atoms with Crippen LogP contribution in [0.4, 0.5) is 11.4 Å². The number of benzene rings is 1. The molecule has 0 amide bonds. The molecule has 0 saturated carbocycles. The smallest absolute Gasteiger partial charge is 0.228 e. The van der Waals surface area contributed by atoms with Crippen molar-refractivity contribution in [3.8, 4) is 0 Å². The van der Waals surface area contributed by atoms with E-state index in [-0.39, 0.29) is 0 Å². The highest BCUT2D eigenvalue weighted by Crippen LogP contribution is 2.22.